The van der Waals surface area contributed by atoms with Gasteiger partial charge in [-0.25, -0.2) is 0 Å². The Kier molecular flexibility index (Phi) is 3.49. The summed E-state index contributed by atoms with van der Waals surface area (Å²) in [6.07, 6.45) is 2.57. The fraction of sp³-hybridized carbons (Fsp3) is 0.300. The molecule has 0 aliphatic carbocycles. The van der Waals surface area contributed by atoms with E-state index >= 15 is 0 Å². The Hall–Kier alpha value is -2.00. The van der Waals surface area contributed by atoms with Crippen LogP contribution < -0.4 is 0 Å². The van der Waals surface area contributed by atoms with E-state index in [2.05, 4.69) is 9.28 Å². The maximum Gasteiger partial charge on any atom is 0.270 e. The van der Waals surface area contributed by atoms with Gasteiger partial charge in [-0.15, -0.1) is 0 Å². The first-order valence-electron chi connectivity index (χ1n) is 5.31. The summed E-state index contributed by atoms with van der Waals surface area (Å²) < 4.78 is 27.7. The molecule has 8 nitrogen and oxygen atoms in total. The number of aromatic nitrogens is 2. The molecular weight excluding hydrogens is 274 g/mol. The van der Waals surface area contributed by atoms with E-state index in [-0.39, 0.29) is 18.8 Å². The molecule has 9 heteroatoms. The second kappa shape index (κ2) is 4.94. The van der Waals surface area contributed by atoms with E-state index in [0.29, 0.717) is 10.9 Å². The second-order valence-corrected chi connectivity index (χ2v) is 5.56. The molecule has 0 unspecified atom stereocenters. The maximum absolute atomic E-state index is 10.8. The molecule has 0 aliphatic heterocycles. The van der Waals surface area contributed by atoms with E-state index in [9.17, 15) is 18.5 Å². The highest BCUT2D eigenvalue weighted by atomic mass is 32.2. The first-order chi connectivity index (χ1) is 8.85. The van der Waals surface area contributed by atoms with E-state index < -0.39 is 15.0 Å². The van der Waals surface area contributed by atoms with Crippen molar-refractivity contribution < 1.29 is 17.5 Å². The lowest BCUT2D eigenvalue weighted by molar-refractivity contribution is -0.384. The van der Waals surface area contributed by atoms with Gasteiger partial charge in [0.05, 0.1) is 29.8 Å². The van der Waals surface area contributed by atoms with Crippen LogP contribution in [0.4, 0.5) is 5.69 Å². The van der Waals surface area contributed by atoms with Crippen LogP contribution in [0.5, 0.6) is 0 Å². The molecule has 1 heterocycles. The molecule has 1 aromatic carbocycles. The molecule has 0 atom stereocenters. The molecule has 0 spiro atoms. The van der Waals surface area contributed by atoms with Crippen LogP contribution in [-0.4, -0.2) is 36.0 Å². The average Bonchev–Trinajstić information content (AvgIpc) is 2.68. The third-order valence-corrected chi connectivity index (χ3v) is 2.96. The van der Waals surface area contributed by atoms with Gasteiger partial charge in [-0.3, -0.25) is 19.0 Å². The van der Waals surface area contributed by atoms with Crippen molar-refractivity contribution in [3.8, 4) is 0 Å². The quantitative estimate of drug-likeness (QED) is 0.459. The van der Waals surface area contributed by atoms with Crippen molar-refractivity contribution in [2.24, 2.45) is 0 Å². The Labute approximate surface area is 108 Å². The Morgan fingerprint density at radius 2 is 2.21 bits per heavy atom. The highest BCUT2D eigenvalue weighted by Crippen LogP contribution is 2.19. The zero-order valence-corrected chi connectivity index (χ0v) is 10.8. The number of nitro benzene ring substituents is 1. The summed E-state index contributed by atoms with van der Waals surface area (Å²) in [6.45, 7) is 0.213. The molecule has 0 saturated heterocycles. The van der Waals surface area contributed by atoms with Gasteiger partial charge in [0.1, 0.15) is 0 Å². The summed E-state index contributed by atoms with van der Waals surface area (Å²) in [4.78, 5) is 10.1. The molecule has 0 N–H and O–H groups in total. The molecule has 19 heavy (non-hydrogen) atoms. The minimum Gasteiger partial charge on any atom is -0.269 e. The van der Waals surface area contributed by atoms with Crippen LogP contribution in [0.1, 0.15) is 0 Å². The number of nitro groups is 1. The molecule has 0 radical (unpaired) electrons. The van der Waals surface area contributed by atoms with Crippen LogP contribution in [-0.2, 0) is 20.8 Å². The van der Waals surface area contributed by atoms with Gasteiger partial charge in [0.2, 0.25) is 0 Å². The van der Waals surface area contributed by atoms with Crippen molar-refractivity contribution >= 4 is 26.7 Å². The number of fused-ring (bicyclic) bond motifs is 1. The van der Waals surface area contributed by atoms with Gasteiger partial charge in [0.25, 0.3) is 15.8 Å². The monoisotopic (exact) mass is 285 g/mol. The molecule has 102 valence electrons. The summed E-state index contributed by atoms with van der Waals surface area (Å²) in [5.41, 5.74) is 0.587. The van der Waals surface area contributed by atoms with Crippen molar-refractivity contribution in [1.29, 1.82) is 0 Å². The lowest BCUT2D eigenvalue weighted by Gasteiger charge is -2.00. The zero-order valence-electron chi connectivity index (χ0n) is 10.0. The Balaban J connectivity index is 2.15. The third kappa shape index (κ3) is 3.48. The van der Waals surface area contributed by atoms with E-state index in [1.54, 1.807) is 12.3 Å². The van der Waals surface area contributed by atoms with Gasteiger partial charge >= 0.3 is 0 Å². The van der Waals surface area contributed by atoms with E-state index in [4.69, 9.17) is 0 Å². The zero-order chi connectivity index (χ0) is 14.0. The average molecular weight is 285 g/mol. The Bertz CT molecular complexity index is 722. The first-order valence-corrected chi connectivity index (χ1v) is 7.13. The number of benzene rings is 1. The first kappa shape index (κ1) is 13.4. The lowest BCUT2D eigenvalue weighted by atomic mass is 10.2. The summed E-state index contributed by atoms with van der Waals surface area (Å²) in [5.74, 6) is 0. The van der Waals surface area contributed by atoms with Crippen LogP contribution in [0.15, 0.2) is 24.4 Å². The van der Waals surface area contributed by atoms with Crippen molar-refractivity contribution in [3.63, 3.8) is 0 Å². The molecule has 0 saturated carbocycles. The third-order valence-electron chi connectivity index (χ3n) is 2.36. The molecule has 0 fully saturated rings. The van der Waals surface area contributed by atoms with Crippen LogP contribution in [0, 0.1) is 10.1 Å². The number of hydrogen-bond donors (Lipinski definition) is 0. The summed E-state index contributed by atoms with van der Waals surface area (Å²) in [6, 6.07) is 4.32. The second-order valence-electron chi connectivity index (χ2n) is 3.92. The van der Waals surface area contributed by atoms with Gasteiger partial charge < -0.3 is 0 Å². The maximum atomic E-state index is 10.8. The van der Waals surface area contributed by atoms with E-state index in [0.717, 1.165) is 6.26 Å². The number of hydrogen-bond acceptors (Lipinski definition) is 6. The van der Waals surface area contributed by atoms with Crippen molar-refractivity contribution in [2.45, 2.75) is 6.54 Å². The number of rotatable bonds is 5. The predicted octanol–water partition coefficient (Wildman–Crippen LogP) is 0.921. The van der Waals surface area contributed by atoms with Crippen molar-refractivity contribution in [2.75, 3.05) is 12.9 Å². The standard InChI is InChI=1S/C10H11N3O5S/c1-19(16,17)18-5-4-12-7-8-6-9(13(14)15)2-3-10(8)11-12/h2-3,6-7H,4-5H2,1H3. The van der Waals surface area contributed by atoms with Gasteiger partial charge in [0.15, 0.2) is 0 Å². The normalized spacial score (nSPS) is 11.8. The number of nitrogens with zero attached hydrogens (tertiary/aromatic N) is 3. The molecule has 1 aromatic heterocycles. The number of non-ortho nitro benzene ring substituents is 1. The van der Waals surface area contributed by atoms with Gasteiger partial charge in [-0.05, 0) is 6.07 Å². The topological polar surface area (TPSA) is 104 Å². The molecule has 2 rings (SSSR count). The van der Waals surface area contributed by atoms with Crippen molar-refractivity contribution in [3.05, 3.63) is 34.5 Å². The highest BCUT2D eigenvalue weighted by Gasteiger charge is 2.09. The fourth-order valence-corrected chi connectivity index (χ4v) is 1.95. The van der Waals surface area contributed by atoms with Gasteiger partial charge in [-0.1, -0.05) is 0 Å². The highest BCUT2D eigenvalue weighted by molar-refractivity contribution is 7.85. The largest absolute Gasteiger partial charge is 0.270 e. The summed E-state index contributed by atoms with van der Waals surface area (Å²) in [5, 5.41) is 15.4. The Morgan fingerprint density at radius 3 is 2.84 bits per heavy atom. The molecule has 2 aromatic rings. The molecule has 0 aliphatic rings. The van der Waals surface area contributed by atoms with Gasteiger partial charge in [-0.2, -0.15) is 13.5 Å². The van der Waals surface area contributed by atoms with Crippen LogP contribution in [0.3, 0.4) is 0 Å². The Morgan fingerprint density at radius 1 is 1.47 bits per heavy atom. The molecule has 0 amide bonds. The summed E-state index contributed by atoms with van der Waals surface area (Å²) >= 11 is 0. The van der Waals surface area contributed by atoms with Crippen LogP contribution in [0.2, 0.25) is 0 Å². The molecular formula is C10H11N3O5S. The predicted molar refractivity (Wildman–Crippen MR) is 67.2 cm³/mol. The van der Waals surface area contributed by atoms with Crippen LogP contribution >= 0.6 is 0 Å². The fourth-order valence-electron chi connectivity index (χ4n) is 1.57. The van der Waals surface area contributed by atoms with Crippen LogP contribution in [0.25, 0.3) is 10.9 Å². The van der Waals surface area contributed by atoms with Gasteiger partial charge in [0, 0.05) is 23.7 Å². The molecule has 0 bridgehead atoms. The van der Waals surface area contributed by atoms with E-state index in [1.807, 2.05) is 0 Å². The summed E-state index contributed by atoms with van der Waals surface area (Å²) in [7, 11) is -3.47. The van der Waals surface area contributed by atoms with E-state index in [1.165, 1.54) is 16.8 Å². The lowest BCUT2D eigenvalue weighted by Crippen LogP contribution is -2.10. The smallest absolute Gasteiger partial charge is 0.269 e. The minimum absolute atomic E-state index is 0.0144. The van der Waals surface area contributed by atoms with Crippen molar-refractivity contribution in [1.82, 2.24) is 9.78 Å². The SMILES string of the molecule is CS(=O)(=O)OCCn1cc2cc([N+](=O)[O-])ccc2n1. The minimum atomic E-state index is -3.47.